The van der Waals surface area contributed by atoms with Crippen LogP contribution in [0.3, 0.4) is 0 Å². The number of fused-ring (bicyclic) bond motifs is 1. The molecule has 5 nitrogen and oxygen atoms in total. The van der Waals surface area contributed by atoms with Crippen molar-refractivity contribution in [3.05, 3.63) is 24.3 Å². The number of piperidine rings is 2. The quantitative estimate of drug-likeness (QED) is 0.888. The third-order valence-corrected chi connectivity index (χ3v) is 4.99. The van der Waals surface area contributed by atoms with Gasteiger partial charge in [-0.05, 0) is 44.8 Å². The van der Waals surface area contributed by atoms with E-state index in [0.717, 1.165) is 30.7 Å². The first-order chi connectivity index (χ1) is 9.79. The van der Waals surface area contributed by atoms with Gasteiger partial charge in [-0.1, -0.05) is 0 Å². The molecule has 1 aromatic rings. The van der Waals surface area contributed by atoms with Gasteiger partial charge in [0.1, 0.15) is 6.33 Å². The molecular formula is C15H25N5. The fraction of sp³-hybridized carbons (Fsp3) is 0.733. The summed E-state index contributed by atoms with van der Waals surface area (Å²) in [5, 5.41) is 0. The predicted molar refractivity (Wildman–Crippen MR) is 79.2 cm³/mol. The summed E-state index contributed by atoms with van der Waals surface area (Å²) < 4.78 is 0. The molecule has 2 aliphatic rings. The maximum absolute atomic E-state index is 6.02. The molecule has 0 amide bonds. The summed E-state index contributed by atoms with van der Waals surface area (Å²) >= 11 is 0. The number of hydrogen-bond donors (Lipinski definition) is 1. The van der Waals surface area contributed by atoms with Crippen LogP contribution in [-0.2, 0) is 0 Å². The van der Waals surface area contributed by atoms with Gasteiger partial charge in [-0.15, -0.1) is 0 Å². The molecule has 3 rings (SSSR count). The first kappa shape index (κ1) is 13.9. The third-order valence-electron chi connectivity index (χ3n) is 4.99. The van der Waals surface area contributed by atoms with Crippen molar-refractivity contribution in [2.45, 2.75) is 31.3 Å². The monoisotopic (exact) mass is 275 g/mol. The second-order valence-electron chi connectivity index (χ2n) is 6.12. The van der Waals surface area contributed by atoms with Crippen molar-refractivity contribution in [1.29, 1.82) is 0 Å². The van der Waals surface area contributed by atoms with Crippen molar-refractivity contribution >= 4 is 0 Å². The van der Waals surface area contributed by atoms with E-state index in [2.05, 4.69) is 26.8 Å². The molecule has 3 unspecified atom stereocenters. The van der Waals surface area contributed by atoms with Crippen LogP contribution in [-0.4, -0.2) is 59.0 Å². The highest BCUT2D eigenvalue weighted by atomic mass is 15.2. The molecule has 1 aromatic heterocycles. The van der Waals surface area contributed by atoms with Crippen LogP contribution in [0.5, 0.6) is 0 Å². The van der Waals surface area contributed by atoms with Gasteiger partial charge in [-0.25, -0.2) is 9.97 Å². The second-order valence-corrected chi connectivity index (χ2v) is 6.12. The standard InChI is InChI=1S/C15H25N5/c1-19-7-2-3-12-10-20(8-5-14(12)19)15(9-16)13-4-6-17-11-18-13/h4,6,11-12,14-15H,2-3,5,7-10,16H2,1H3. The Labute approximate surface area is 121 Å². The molecule has 0 aliphatic carbocycles. The van der Waals surface area contributed by atoms with E-state index in [-0.39, 0.29) is 6.04 Å². The summed E-state index contributed by atoms with van der Waals surface area (Å²) in [6.07, 6.45) is 7.37. The Morgan fingerprint density at radius 2 is 2.30 bits per heavy atom. The lowest BCUT2D eigenvalue weighted by atomic mass is 9.83. The van der Waals surface area contributed by atoms with Crippen LogP contribution in [0.25, 0.3) is 0 Å². The molecular weight excluding hydrogens is 250 g/mol. The van der Waals surface area contributed by atoms with Gasteiger partial charge in [0, 0.05) is 31.9 Å². The highest BCUT2D eigenvalue weighted by Gasteiger charge is 2.36. The Morgan fingerprint density at radius 1 is 1.40 bits per heavy atom. The minimum Gasteiger partial charge on any atom is -0.329 e. The molecule has 3 atom stereocenters. The number of hydrogen-bond acceptors (Lipinski definition) is 5. The van der Waals surface area contributed by atoms with Gasteiger partial charge >= 0.3 is 0 Å². The lowest BCUT2D eigenvalue weighted by Gasteiger charge is -2.47. The van der Waals surface area contributed by atoms with E-state index in [4.69, 9.17) is 5.73 Å². The maximum atomic E-state index is 6.02. The van der Waals surface area contributed by atoms with E-state index in [1.54, 1.807) is 6.33 Å². The van der Waals surface area contributed by atoms with Crippen molar-refractivity contribution in [2.24, 2.45) is 11.7 Å². The van der Waals surface area contributed by atoms with E-state index in [9.17, 15) is 0 Å². The minimum absolute atomic E-state index is 0.242. The summed E-state index contributed by atoms with van der Waals surface area (Å²) in [4.78, 5) is 13.5. The van der Waals surface area contributed by atoms with Gasteiger partial charge in [0.15, 0.2) is 0 Å². The SMILES string of the molecule is CN1CCCC2CN(C(CN)c3ccncn3)CCC21. The number of aromatic nitrogens is 2. The molecule has 3 heterocycles. The molecule has 0 saturated carbocycles. The van der Waals surface area contributed by atoms with Gasteiger partial charge in [0.05, 0.1) is 11.7 Å². The van der Waals surface area contributed by atoms with E-state index >= 15 is 0 Å². The predicted octanol–water partition coefficient (Wildman–Crippen LogP) is 0.892. The average molecular weight is 275 g/mol. The molecule has 2 N–H and O–H groups in total. The highest BCUT2D eigenvalue weighted by molar-refractivity contribution is 5.07. The van der Waals surface area contributed by atoms with Gasteiger partial charge < -0.3 is 10.6 Å². The van der Waals surface area contributed by atoms with Crippen LogP contribution in [0.2, 0.25) is 0 Å². The summed E-state index contributed by atoms with van der Waals surface area (Å²) in [7, 11) is 2.28. The summed E-state index contributed by atoms with van der Waals surface area (Å²) in [5.41, 5.74) is 7.08. The minimum atomic E-state index is 0.242. The van der Waals surface area contributed by atoms with Crippen LogP contribution in [0.4, 0.5) is 0 Å². The van der Waals surface area contributed by atoms with Crippen molar-refractivity contribution in [3.8, 4) is 0 Å². The molecule has 2 aliphatic heterocycles. The molecule has 0 aromatic carbocycles. The van der Waals surface area contributed by atoms with Crippen molar-refractivity contribution in [2.75, 3.05) is 33.2 Å². The normalized spacial score (nSPS) is 29.9. The lowest BCUT2D eigenvalue weighted by Crippen LogP contribution is -2.54. The fourth-order valence-corrected chi connectivity index (χ4v) is 3.92. The molecule has 2 fully saturated rings. The Kier molecular flexibility index (Phi) is 4.29. The van der Waals surface area contributed by atoms with Crippen LogP contribution in [0.15, 0.2) is 18.6 Å². The summed E-state index contributed by atoms with van der Waals surface area (Å²) in [6.45, 7) is 4.16. The zero-order valence-corrected chi connectivity index (χ0v) is 12.3. The van der Waals surface area contributed by atoms with Crippen LogP contribution in [0.1, 0.15) is 31.0 Å². The van der Waals surface area contributed by atoms with Crippen LogP contribution in [0, 0.1) is 5.92 Å². The molecule has 2 saturated heterocycles. The molecule has 110 valence electrons. The fourth-order valence-electron chi connectivity index (χ4n) is 3.92. The zero-order valence-electron chi connectivity index (χ0n) is 12.3. The molecule has 0 radical (unpaired) electrons. The largest absolute Gasteiger partial charge is 0.329 e. The van der Waals surface area contributed by atoms with Gasteiger partial charge in [-0.2, -0.15) is 0 Å². The average Bonchev–Trinajstić information content (AvgIpc) is 2.49. The highest BCUT2D eigenvalue weighted by Crippen LogP contribution is 2.32. The second kappa shape index (κ2) is 6.16. The summed E-state index contributed by atoms with van der Waals surface area (Å²) in [5.74, 6) is 0.790. The molecule has 5 heteroatoms. The molecule has 20 heavy (non-hydrogen) atoms. The van der Waals surface area contributed by atoms with Crippen LogP contribution < -0.4 is 5.73 Å². The van der Waals surface area contributed by atoms with E-state index in [1.165, 1.54) is 25.8 Å². The van der Waals surface area contributed by atoms with Gasteiger partial charge in [0.2, 0.25) is 0 Å². The van der Waals surface area contributed by atoms with E-state index < -0.39 is 0 Å². The first-order valence-electron chi connectivity index (χ1n) is 7.70. The first-order valence-corrected chi connectivity index (χ1v) is 7.70. The topological polar surface area (TPSA) is 58.3 Å². The van der Waals surface area contributed by atoms with Crippen molar-refractivity contribution < 1.29 is 0 Å². The number of nitrogens with zero attached hydrogens (tertiary/aromatic N) is 4. The van der Waals surface area contributed by atoms with E-state index in [1.807, 2.05) is 12.3 Å². The number of likely N-dealkylation sites (tertiary alicyclic amines) is 2. The Bertz CT molecular complexity index is 424. The smallest absolute Gasteiger partial charge is 0.115 e. The lowest BCUT2D eigenvalue weighted by molar-refractivity contribution is 0.0203. The van der Waals surface area contributed by atoms with Crippen molar-refractivity contribution in [3.63, 3.8) is 0 Å². The van der Waals surface area contributed by atoms with Crippen LogP contribution >= 0.6 is 0 Å². The molecule has 0 spiro atoms. The number of rotatable bonds is 3. The summed E-state index contributed by atoms with van der Waals surface area (Å²) in [6, 6.07) is 3.01. The van der Waals surface area contributed by atoms with Crippen molar-refractivity contribution in [1.82, 2.24) is 19.8 Å². The number of nitrogens with two attached hydrogens (primary N) is 1. The van der Waals surface area contributed by atoms with Gasteiger partial charge in [0.25, 0.3) is 0 Å². The Morgan fingerprint density at radius 3 is 3.05 bits per heavy atom. The third kappa shape index (κ3) is 2.71. The molecule has 0 bridgehead atoms. The maximum Gasteiger partial charge on any atom is 0.115 e. The van der Waals surface area contributed by atoms with Gasteiger partial charge in [-0.3, -0.25) is 4.90 Å². The Balaban J connectivity index is 1.71. The van der Waals surface area contributed by atoms with E-state index in [0.29, 0.717) is 6.54 Å². The Hall–Kier alpha value is -1.04. The zero-order chi connectivity index (χ0) is 13.9.